The Morgan fingerprint density at radius 2 is 2.12 bits per heavy atom. The molecule has 0 aliphatic heterocycles. The van der Waals surface area contributed by atoms with E-state index in [9.17, 15) is 5.11 Å². The summed E-state index contributed by atoms with van der Waals surface area (Å²) < 4.78 is 5.19. The molecule has 2 unspecified atom stereocenters. The molecule has 1 aromatic rings. The summed E-state index contributed by atoms with van der Waals surface area (Å²) in [6.45, 7) is 1.79. The minimum atomic E-state index is -0.907. The summed E-state index contributed by atoms with van der Waals surface area (Å²) in [6, 6.07) is 2.86. The lowest BCUT2D eigenvalue weighted by Crippen LogP contribution is -2.29. The van der Waals surface area contributed by atoms with Crippen LogP contribution in [-0.2, 0) is 0 Å². The number of aryl methyl sites for hydroxylation is 1. The molecule has 0 amide bonds. The molecule has 5 heteroatoms. The van der Waals surface area contributed by atoms with Gasteiger partial charge in [0.05, 0.1) is 13.2 Å². The first-order valence-corrected chi connectivity index (χ1v) is 5.77. The van der Waals surface area contributed by atoms with Crippen LogP contribution in [0.3, 0.4) is 0 Å². The van der Waals surface area contributed by atoms with Crippen molar-refractivity contribution in [1.29, 1.82) is 0 Å². The molecule has 0 saturated carbocycles. The number of aliphatic hydroxyl groups excluding tert-OH is 2. The molecular weight excluding hydrogens is 242 g/mol. The Balaban J connectivity index is 3.07. The molecule has 1 rings (SSSR count). The Kier molecular flexibility index (Phi) is 5.21. The summed E-state index contributed by atoms with van der Waals surface area (Å²) in [6.07, 6.45) is -0.592. The zero-order valence-corrected chi connectivity index (χ0v) is 10.7. The van der Waals surface area contributed by atoms with E-state index < -0.39 is 12.1 Å². The number of halogens is 1. The Labute approximate surface area is 106 Å². The Morgan fingerprint density at radius 1 is 1.47 bits per heavy atom. The highest BCUT2D eigenvalue weighted by molar-refractivity contribution is 6.31. The molecule has 17 heavy (non-hydrogen) atoms. The van der Waals surface area contributed by atoms with Crippen LogP contribution in [0.1, 0.15) is 23.7 Å². The molecule has 4 nitrogen and oxygen atoms in total. The van der Waals surface area contributed by atoms with Crippen LogP contribution in [0.15, 0.2) is 12.1 Å². The predicted molar refractivity (Wildman–Crippen MR) is 67.4 cm³/mol. The second kappa shape index (κ2) is 6.21. The van der Waals surface area contributed by atoms with Gasteiger partial charge in [-0.3, -0.25) is 0 Å². The number of hydrogen-bond acceptors (Lipinski definition) is 4. The third-order valence-corrected chi connectivity index (χ3v) is 3.10. The van der Waals surface area contributed by atoms with E-state index in [1.807, 2.05) is 6.92 Å². The fourth-order valence-electron chi connectivity index (χ4n) is 1.62. The summed E-state index contributed by atoms with van der Waals surface area (Å²) in [4.78, 5) is 0. The standard InChI is InChI=1S/C12H18ClNO3/c1-7-5-11(17-2)8(6-9(7)13)12(16)10(14)3-4-15/h5-6,10,12,15-16H,3-4,14H2,1-2H3. The largest absolute Gasteiger partial charge is 0.496 e. The second-order valence-electron chi connectivity index (χ2n) is 3.96. The molecule has 1 aromatic carbocycles. The monoisotopic (exact) mass is 259 g/mol. The first-order valence-electron chi connectivity index (χ1n) is 5.39. The van der Waals surface area contributed by atoms with Gasteiger partial charge in [-0.2, -0.15) is 0 Å². The maximum Gasteiger partial charge on any atom is 0.125 e. The van der Waals surface area contributed by atoms with Crippen molar-refractivity contribution in [3.63, 3.8) is 0 Å². The van der Waals surface area contributed by atoms with Crippen molar-refractivity contribution in [3.05, 3.63) is 28.3 Å². The quantitative estimate of drug-likeness (QED) is 0.747. The summed E-state index contributed by atoms with van der Waals surface area (Å²) in [5.41, 5.74) is 7.18. The van der Waals surface area contributed by atoms with Crippen LogP contribution in [0.4, 0.5) is 0 Å². The summed E-state index contributed by atoms with van der Waals surface area (Å²) in [7, 11) is 1.52. The van der Waals surface area contributed by atoms with Gasteiger partial charge in [-0.05, 0) is 31.0 Å². The van der Waals surface area contributed by atoms with Gasteiger partial charge < -0.3 is 20.7 Å². The number of aliphatic hydroxyl groups is 2. The van der Waals surface area contributed by atoms with Crippen LogP contribution in [-0.4, -0.2) is 30.0 Å². The summed E-state index contributed by atoms with van der Waals surface area (Å²) >= 11 is 6.01. The molecule has 0 aliphatic carbocycles. The number of ether oxygens (including phenoxy) is 1. The first-order chi connectivity index (χ1) is 8.01. The highest BCUT2D eigenvalue weighted by atomic mass is 35.5. The maximum absolute atomic E-state index is 10.1. The topological polar surface area (TPSA) is 75.7 Å². The van der Waals surface area contributed by atoms with E-state index in [1.165, 1.54) is 7.11 Å². The number of benzene rings is 1. The van der Waals surface area contributed by atoms with Crippen LogP contribution in [0.2, 0.25) is 5.02 Å². The minimum absolute atomic E-state index is 0.0693. The number of rotatable bonds is 5. The van der Waals surface area contributed by atoms with Crippen LogP contribution in [0.25, 0.3) is 0 Å². The maximum atomic E-state index is 10.1. The molecular formula is C12H18ClNO3. The van der Waals surface area contributed by atoms with Gasteiger partial charge in [-0.25, -0.2) is 0 Å². The minimum Gasteiger partial charge on any atom is -0.496 e. The fourth-order valence-corrected chi connectivity index (χ4v) is 1.79. The Bertz CT molecular complexity index is 384. The van der Waals surface area contributed by atoms with E-state index in [1.54, 1.807) is 12.1 Å². The van der Waals surface area contributed by atoms with Gasteiger partial charge >= 0.3 is 0 Å². The lowest BCUT2D eigenvalue weighted by atomic mass is 9.98. The highest BCUT2D eigenvalue weighted by Crippen LogP contribution is 2.32. The van der Waals surface area contributed by atoms with Crippen LogP contribution in [0.5, 0.6) is 5.75 Å². The molecule has 0 heterocycles. The third-order valence-electron chi connectivity index (χ3n) is 2.70. The smallest absolute Gasteiger partial charge is 0.125 e. The van der Waals surface area contributed by atoms with Gasteiger partial charge in [0.1, 0.15) is 5.75 Å². The van der Waals surface area contributed by atoms with E-state index in [-0.39, 0.29) is 6.61 Å². The van der Waals surface area contributed by atoms with Gasteiger partial charge in [0.25, 0.3) is 0 Å². The molecule has 0 saturated heterocycles. The van der Waals surface area contributed by atoms with Gasteiger partial charge in [-0.1, -0.05) is 11.6 Å². The Morgan fingerprint density at radius 3 is 2.65 bits per heavy atom. The second-order valence-corrected chi connectivity index (χ2v) is 4.37. The SMILES string of the molecule is COc1cc(C)c(Cl)cc1C(O)C(N)CCO. The fraction of sp³-hybridized carbons (Fsp3) is 0.500. The zero-order valence-electron chi connectivity index (χ0n) is 9.98. The van der Waals surface area contributed by atoms with Crippen LogP contribution >= 0.6 is 11.6 Å². The molecule has 0 spiro atoms. The van der Waals surface area contributed by atoms with E-state index in [2.05, 4.69) is 0 Å². The van der Waals surface area contributed by atoms with Crippen molar-refractivity contribution in [1.82, 2.24) is 0 Å². The van der Waals surface area contributed by atoms with Crippen molar-refractivity contribution in [2.75, 3.05) is 13.7 Å². The average molecular weight is 260 g/mol. The molecule has 0 fully saturated rings. The van der Waals surface area contributed by atoms with Gasteiger partial charge in [0.15, 0.2) is 0 Å². The highest BCUT2D eigenvalue weighted by Gasteiger charge is 2.21. The molecule has 2 atom stereocenters. The van der Waals surface area contributed by atoms with E-state index in [0.717, 1.165) is 5.56 Å². The number of hydrogen-bond donors (Lipinski definition) is 3. The third kappa shape index (κ3) is 3.33. The molecule has 0 radical (unpaired) electrons. The first kappa shape index (κ1) is 14.3. The average Bonchev–Trinajstić information content (AvgIpc) is 2.31. The molecule has 4 N–H and O–H groups in total. The lowest BCUT2D eigenvalue weighted by Gasteiger charge is -2.21. The molecule has 96 valence electrons. The lowest BCUT2D eigenvalue weighted by molar-refractivity contribution is 0.126. The summed E-state index contributed by atoms with van der Waals surface area (Å²) in [5, 5.41) is 19.4. The van der Waals surface area contributed by atoms with Gasteiger partial charge in [-0.15, -0.1) is 0 Å². The zero-order chi connectivity index (χ0) is 13.0. The molecule has 0 aromatic heterocycles. The molecule has 0 bridgehead atoms. The van der Waals surface area contributed by atoms with Crippen molar-refractivity contribution < 1.29 is 14.9 Å². The van der Waals surface area contributed by atoms with Crippen LogP contribution in [0, 0.1) is 6.92 Å². The van der Waals surface area contributed by atoms with Crippen molar-refractivity contribution in [2.24, 2.45) is 5.73 Å². The predicted octanol–water partition coefficient (Wildman–Crippen LogP) is 1.40. The van der Waals surface area contributed by atoms with E-state index >= 15 is 0 Å². The van der Waals surface area contributed by atoms with Crippen molar-refractivity contribution >= 4 is 11.6 Å². The van der Waals surface area contributed by atoms with E-state index in [4.69, 9.17) is 27.2 Å². The molecule has 0 aliphatic rings. The summed E-state index contributed by atoms with van der Waals surface area (Å²) in [5.74, 6) is 0.549. The van der Waals surface area contributed by atoms with Crippen molar-refractivity contribution in [2.45, 2.75) is 25.5 Å². The van der Waals surface area contributed by atoms with Crippen molar-refractivity contribution in [3.8, 4) is 5.75 Å². The normalized spacial score (nSPS) is 14.5. The Hall–Kier alpha value is -0.810. The van der Waals surface area contributed by atoms with E-state index in [0.29, 0.717) is 22.8 Å². The van der Waals surface area contributed by atoms with Crippen LogP contribution < -0.4 is 10.5 Å². The van der Waals surface area contributed by atoms with Gasteiger partial charge in [0.2, 0.25) is 0 Å². The number of nitrogens with two attached hydrogens (primary N) is 1. The number of methoxy groups -OCH3 is 1. The van der Waals surface area contributed by atoms with Gasteiger partial charge in [0, 0.05) is 23.2 Å².